The van der Waals surface area contributed by atoms with E-state index in [0.29, 0.717) is 13.0 Å². The minimum atomic E-state index is -0.593. The zero-order valence-corrected chi connectivity index (χ0v) is 17.6. The molecule has 0 spiro atoms. The Kier molecular flexibility index (Phi) is 6.67. The average Bonchev–Trinajstić information content (AvgIpc) is 3.22. The van der Waals surface area contributed by atoms with Gasteiger partial charge >= 0.3 is 5.97 Å². The number of nitrogens with zero attached hydrogens (tertiary/aromatic N) is 2. The smallest absolute Gasteiger partial charge is 0.357 e. The van der Waals surface area contributed by atoms with Gasteiger partial charge in [-0.15, -0.1) is 0 Å². The number of hydrogen-bond donors (Lipinski definition) is 1. The molecular formula is C24H27N3O3. The quantitative estimate of drug-likeness (QED) is 0.609. The molecule has 30 heavy (non-hydrogen) atoms. The van der Waals surface area contributed by atoms with E-state index in [9.17, 15) is 9.59 Å². The van der Waals surface area contributed by atoms with Gasteiger partial charge in [-0.2, -0.15) is 0 Å². The van der Waals surface area contributed by atoms with Crippen molar-refractivity contribution in [2.75, 3.05) is 13.2 Å². The molecule has 0 fully saturated rings. The van der Waals surface area contributed by atoms with Crippen LogP contribution in [0.1, 0.15) is 42.4 Å². The third kappa shape index (κ3) is 5.56. The van der Waals surface area contributed by atoms with Crippen molar-refractivity contribution in [1.82, 2.24) is 14.9 Å². The summed E-state index contributed by atoms with van der Waals surface area (Å²) in [6, 6.07) is 17.8. The SMILES string of the molecule is CC(C)(C)c1ccc(CCNC(=O)COC(=O)c2cncn2-c2ccccc2)cc1. The lowest BCUT2D eigenvalue weighted by molar-refractivity contribution is -0.124. The van der Waals surface area contributed by atoms with Crippen LogP contribution in [0, 0.1) is 0 Å². The molecule has 1 amide bonds. The number of rotatable bonds is 7. The fraction of sp³-hybridized carbons (Fsp3) is 0.292. The van der Waals surface area contributed by atoms with Gasteiger partial charge in [0, 0.05) is 12.2 Å². The Morgan fingerprint density at radius 3 is 2.40 bits per heavy atom. The lowest BCUT2D eigenvalue weighted by atomic mass is 9.86. The topological polar surface area (TPSA) is 73.2 Å². The van der Waals surface area contributed by atoms with Crippen molar-refractivity contribution in [3.63, 3.8) is 0 Å². The standard InChI is InChI=1S/C24H27N3O3/c1-24(2,3)19-11-9-18(10-12-19)13-14-26-22(28)16-30-23(29)21-15-25-17-27(21)20-7-5-4-6-8-20/h4-12,15,17H,13-14,16H2,1-3H3,(H,26,28). The zero-order chi connectivity index (χ0) is 21.6. The molecule has 1 N–H and O–H groups in total. The summed E-state index contributed by atoms with van der Waals surface area (Å²) in [7, 11) is 0. The largest absolute Gasteiger partial charge is 0.451 e. The lowest BCUT2D eigenvalue weighted by Crippen LogP contribution is -2.30. The highest BCUT2D eigenvalue weighted by Gasteiger charge is 2.16. The molecule has 0 atom stereocenters. The molecule has 0 saturated carbocycles. The van der Waals surface area contributed by atoms with Crippen molar-refractivity contribution in [2.45, 2.75) is 32.6 Å². The third-order valence-electron chi connectivity index (χ3n) is 4.77. The summed E-state index contributed by atoms with van der Waals surface area (Å²) >= 11 is 0. The number of carbonyl (C=O) groups excluding carboxylic acids is 2. The number of hydrogen-bond acceptors (Lipinski definition) is 4. The predicted molar refractivity (Wildman–Crippen MR) is 116 cm³/mol. The molecule has 6 heteroatoms. The highest BCUT2D eigenvalue weighted by molar-refractivity contribution is 5.90. The monoisotopic (exact) mass is 405 g/mol. The van der Waals surface area contributed by atoms with E-state index in [1.807, 2.05) is 30.3 Å². The molecule has 0 bridgehead atoms. The van der Waals surface area contributed by atoms with Gasteiger partial charge < -0.3 is 10.1 Å². The summed E-state index contributed by atoms with van der Waals surface area (Å²) in [4.78, 5) is 28.4. The van der Waals surface area contributed by atoms with Crippen LogP contribution in [0.3, 0.4) is 0 Å². The maximum Gasteiger partial charge on any atom is 0.357 e. The number of aromatic nitrogens is 2. The molecule has 2 aromatic carbocycles. The Morgan fingerprint density at radius 1 is 1.03 bits per heavy atom. The van der Waals surface area contributed by atoms with Crippen LogP contribution in [0.25, 0.3) is 5.69 Å². The molecule has 0 aliphatic rings. The summed E-state index contributed by atoms with van der Waals surface area (Å²) < 4.78 is 6.78. The van der Waals surface area contributed by atoms with Gasteiger partial charge in [0.05, 0.1) is 12.5 Å². The maximum atomic E-state index is 12.3. The van der Waals surface area contributed by atoms with Gasteiger partial charge in [0.2, 0.25) is 0 Å². The maximum absolute atomic E-state index is 12.3. The first-order valence-electron chi connectivity index (χ1n) is 9.95. The Bertz CT molecular complexity index is 987. The zero-order valence-electron chi connectivity index (χ0n) is 17.6. The normalized spacial score (nSPS) is 11.2. The van der Waals surface area contributed by atoms with E-state index >= 15 is 0 Å². The van der Waals surface area contributed by atoms with E-state index in [1.54, 1.807) is 4.57 Å². The minimum absolute atomic E-state index is 0.118. The minimum Gasteiger partial charge on any atom is -0.451 e. The van der Waals surface area contributed by atoms with Crippen molar-refractivity contribution in [1.29, 1.82) is 0 Å². The average molecular weight is 405 g/mol. The van der Waals surface area contributed by atoms with Crippen LogP contribution in [0.4, 0.5) is 0 Å². The highest BCUT2D eigenvalue weighted by atomic mass is 16.5. The van der Waals surface area contributed by atoms with Crippen molar-refractivity contribution < 1.29 is 14.3 Å². The van der Waals surface area contributed by atoms with Gasteiger partial charge in [-0.3, -0.25) is 9.36 Å². The first kappa shape index (κ1) is 21.3. The highest BCUT2D eigenvalue weighted by Crippen LogP contribution is 2.22. The molecule has 3 rings (SSSR count). The van der Waals surface area contributed by atoms with Gasteiger partial charge in [-0.25, -0.2) is 9.78 Å². The second-order valence-electron chi connectivity index (χ2n) is 8.11. The Hall–Kier alpha value is -3.41. The first-order valence-corrected chi connectivity index (χ1v) is 9.95. The molecular weight excluding hydrogens is 378 g/mol. The number of esters is 1. The van der Waals surface area contributed by atoms with Crippen molar-refractivity contribution in [3.05, 3.63) is 83.9 Å². The van der Waals surface area contributed by atoms with Crippen molar-refractivity contribution in [3.8, 4) is 5.69 Å². The van der Waals surface area contributed by atoms with E-state index in [-0.39, 0.29) is 23.6 Å². The van der Waals surface area contributed by atoms with Crippen LogP contribution < -0.4 is 5.32 Å². The predicted octanol–water partition coefficient (Wildman–Crippen LogP) is 3.69. The van der Waals surface area contributed by atoms with Gasteiger partial charge in [0.15, 0.2) is 12.3 Å². The fourth-order valence-electron chi connectivity index (χ4n) is 3.01. The third-order valence-corrected chi connectivity index (χ3v) is 4.77. The van der Waals surface area contributed by atoms with E-state index in [0.717, 1.165) is 11.3 Å². The molecule has 0 aliphatic carbocycles. The Labute approximate surface area is 176 Å². The molecule has 1 aromatic heterocycles. The van der Waals surface area contributed by atoms with E-state index in [4.69, 9.17) is 4.74 Å². The molecule has 156 valence electrons. The van der Waals surface area contributed by atoms with E-state index in [2.05, 4.69) is 55.3 Å². The molecule has 0 radical (unpaired) electrons. The number of nitrogens with one attached hydrogen (secondary N) is 1. The van der Waals surface area contributed by atoms with Gasteiger partial charge in [0.25, 0.3) is 5.91 Å². The number of amides is 1. The molecule has 3 aromatic rings. The second kappa shape index (κ2) is 9.39. The molecule has 6 nitrogen and oxygen atoms in total. The number of imidazole rings is 1. The van der Waals surface area contributed by atoms with Crippen LogP contribution >= 0.6 is 0 Å². The van der Waals surface area contributed by atoms with Gasteiger partial charge in [-0.05, 0) is 35.1 Å². The number of benzene rings is 2. The summed E-state index contributed by atoms with van der Waals surface area (Å²) in [6.45, 7) is 6.68. The molecule has 0 aliphatic heterocycles. The summed E-state index contributed by atoms with van der Waals surface area (Å²) in [6.07, 6.45) is 3.68. The molecule has 1 heterocycles. The van der Waals surface area contributed by atoms with Crippen molar-refractivity contribution >= 4 is 11.9 Å². The Morgan fingerprint density at radius 2 is 1.73 bits per heavy atom. The van der Waals surface area contributed by atoms with Crippen molar-refractivity contribution in [2.24, 2.45) is 0 Å². The molecule has 0 saturated heterocycles. The Balaban J connectivity index is 1.45. The summed E-state index contributed by atoms with van der Waals surface area (Å²) in [5, 5.41) is 2.78. The summed E-state index contributed by atoms with van der Waals surface area (Å²) in [5.74, 6) is -0.926. The van der Waals surface area contributed by atoms with Gasteiger partial charge in [0.1, 0.15) is 0 Å². The fourth-order valence-corrected chi connectivity index (χ4v) is 3.01. The van der Waals surface area contributed by atoms with E-state index < -0.39 is 5.97 Å². The number of carbonyl (C=O) groups is 2. The number of para-hydroxylation sites is 1. The summed E-state index contributed by atoms with van der Waals surface area (Å²) in [5.41, 5.74) is 3.60. The van der Waals surface area contributed by atoms with E-state index in [1.165, 1.54) is 18.1 Å². The van der Waals surface area contributed by atoms with Crippen LogP contribution in [0.2, 0.25) is 0 Å². The van der Waals surface area contributed by atoms with Gasteiger partial charge in [-0.1, -0.05) is 63.2 Å². The number of ether oxygens (including phenoxy) is 1. The van der Waals surface area contributed by atoms with Crippen LogP contribution in [0.15, 0.2) is 67.1 Å². The molecule has 0 unspecified atom stereocenters. The second-order valence-corrected chi connectivity index (χ2v) is 8.11. The van der Waals surface area contributed by atoms with Crippen LogP contribution in [0.5, 0.6) is 0 Å². The first-order chi connectivity index (χ1) is 14.3. The lowest BCUT2D eigenvalue weighted by Gasteiger charge is -2.19. The van der Waals surface area contributed by atoms with Crippen LogP contribution in [-0.4, -0.2) is 34.6 Å². The van der Waals surface area contributed by atoms with Crippen LogP contribution in [-0.2, 0) is 21.4 Å².